The van der Waals surface area contributed by atoms with Gasteiger partial charge in [0.15, 0.2) is 0 Å². The predicted molar refractivity (Wildman–Crippen MR) is 122 cm³/mol. The van der Waals surface area contributed by atoms with Crippen molar-refractivity contribution in [3.05, 3.63) is 69.2 Å². The average molecular weight is 453 g/mol. The Balaban J connectivity index is 2.08. The van der Waals surface area contributed by atoms with E-state index < -0.39 is 6.04 Å². The summed E-state index contributed by atoms with van der Waals surface area (Å²) in [6.45, 7) is 6.45. The summed E-state index contributed by atoms with van der Waals surface area (Å²) < 4.78 is 0. The van der Waals surface area contributed by atoms with Gasteiger partial charge in [-0.05, 0) is 44.0 Å². The molecule has 29 heavy (non-hydrogen) atoms. The summed E-state index contributed by atoms with van der Waals surface area (Å²) in [6, 6.07) is 12.9. The highest BCUT2D eigenvalue weighted by molar-refractivity contribution is 7.99. The summed E-state index contributed by atoms with van der Waals surface area (Å²) >= 11 is 13.6. The number of nitrogens with zero attached hydrogens (tertiary/aromatic N) is 1. The van der Waals surface area contributed by atoms with Gasteiger partial charge in [0.25, 0.3) is 0 Å². The Morgan fingerprint density at radius 1 is 1.10 bits per heavy atom. The van der Waals surface area contributed by atoms with Crippen LogP contribution in [0.4, 0.5) is 0 Å². The lowest BCUT2D eigenvalue weighted by molar-refractivity contribution is -0.138. The molecule has 2 aromatic rings. The van der Waals surface area contributed by atoms with Crippen molar-refractivity contribution in [1.82, 2.24) is 10.2 Å². The molecule has 0 aromatic heterocycles. The first-order valence-electron chi connectivity index (χ1n) is 9.46. The molecule has 1 N–H and O–H groups in total. The van der Waals surface area contributed by atoms with Gasteiger partial charge in [0, 0.05) is 18.8 Å². The fraction of sp³-hybridized carbons (Fsp3) is 0.364. The second-order valence-corrected chi connectivity index (χ2v) is 8.62. The SMILES string of the molecule is CCNC(=O)[C@H](C)N(Cc1ccc(Cl)c(Cl)c1)C(=O)CSCc1cccc(C)c1. The molecule has 0 bridgehead atoms. The summed E-state index contributed by atoms with van der Waals surface area (Å²) in [5, 5.41) is 3.67. The maximum atomic E-state index is 13.0. The van der Waals surface area contributed by atoms with Gasteiger partial charge in [-0.25, -0.2) is 0 Å². The molecule has 0 saturated heterocycles. The average Bonchev–Trinajstić information content (AvgIpc) is 2.68. The van der Waals surface area contributed by atoms with E-state index in [0.717, 1.165) is 11.3 Å². The van der Waals surface area contributed by atoms with Gasteiger partial charge in [-0.1, -0.05) is 59.1 Å². The van der Waals surface area contributed by atoms with Crippen molar-refractivity contribution >= 4 is 46.8 Å². The van der Waals surface area contributed by atoms with Gasteiger partial charge in [-0.15, -0.1) is 11.8 Å². The molecular formula is C22H26Cl2N2O2S. The Morgan fingerprint density at radius 3 is 2.52 bits per heavy atom. The number of aryl methyl sites for hydroxylation is 1. The molecule has 2 amide bonds. The Hall–Kier alpha value is -1.69. The molecule has 0 aliphatic carbocycles. The quantitative estimate of drug-likeness (QED) is 0.576. The Morgan fingerprint density at radius 2 is 1.86 bits per heavy atom. The van der Waals surface area contributed by atoms with E-state index in [2.05, 4.69) is 17.4 Å². The minimum absolute atomic E-state index is 0.0903. The molecule has 0 saturated carbocycles. The largest absolute Gasteiger partial charge is 0.355 e. The molecule has 156 valence electrons. The number of thioether (sulfide) groups is 1. The molecular weight excluding hydrogens is 427 g/mol. The monoisotopic (exact) mass is 452 g/mol. The van der Waals surface area contributed by atoms with Crippen LogP contribution in [0.5, 0.6) is 0 Å². The fourth-order valence-corrected chi connectivity index (χ4v) is 4.06. The number of likely N-dealkylation sites (N-methyl/N-ethyl adjacent to an activating group) is 1. The third kappa shape index (κ3) is 7.25. The van der Waals surface area contributed by atoms with Crippen molar-refractivity contribution in [2.45, 2.75) is 39.1 Å². The second-order valence-electron chi connectivity index (χ2n) is 6.82. The zero-order valence-corrected chi connectivity index (χ0v) is 19.2. The van der Waals surface area contributed by atoms with E-state index in [4.69, 9.17) is 23.2 Å². The van der Waals surface area contributed by atoms with Crippen molar-refractivity contribution < 1.29 is 9.59 Å². The number of hydrogen-bond acceptors (Lipinski definition) is 3. The highest BCUT2D eigenvalue weighted by atomic mass is 35.5. The molecule has 2 aromatic carbocycles. The first-order valence-corrected chi connectivity index (χ1v) is 11.4. The molecule has 4 nitrogen and oxygen atoms in total. The topological polar surface area (TPSA) is 49.4 Å². The van der Waals surface area contributed by atoms with Gasteiger partial charge < -0.3 is 10.2 Å². The number of nitrogens with one attached hydrogen (secondary N) is 1. The van der Waals surface area contributed by atoms with Crippen LogP contribution in [0.2, 0.25) is 10.0 Å². The predicted octanol–water partition coefficient (Wildman–Crippen LogP) is 5.09. The second kappa shape index (κ2) is 11.5. The Labute approximate surface area is 187 Å². The number of benzene rings is 2. The van der Waals surface area contributed by atoms with E-state index in [1.807, 2.05) is 32.0 Å². The summed E-state index contributed by atoms with van der Waals surface area (Å²) in [6.07, 6.45) is 0. The molecule has 0 radical (unpaired) electrons. The number of rotatable bonds is 9. The van der Waals surface area contributed by atoms with E-state index >= 15 is 0 Å². The van der Waals surface area contributed by atoms with Crippen LogP contribution in [0, 0.1) is 6.92 Å². The lowest BCUT2D eigenvalue weighted by atomic mass is 10.1. The highest BCUT2D eigenvalue weighted by Gasteiger charge is 2.25. The third-order valence-corrected chi connectivity index (χ3v) is 6.16. The van der Waals surface area contributed by atoms with Crippen molar-refractivity contribution in [2.24, 2.45) is 0 Å². The van der Waals surface area contributed by atoms with Crippen LogP contribution in [0.15, 0.2) is 42.5 Å². The van der Waals surface area contributed by atoms with Gasteiger partial charge in [-0.3, -0.25) is 9.59 Å². The zero-order chi connectivity index (χ0) is 21.4. The van der Waals surface area contributed by atoms with Crippen LogP contribution in [-0.2, 0) is 21.9 Å². The number of carbonyl (C=O) groups is 2. The fourth-order valence-electron chi connectivity index (χ4n) is 2.88. The third-order valence-electron chi connectivity index (χ3n) is 4.43. The van der Waals surface area contributed by atoms with E-state index in [-0.39, 0.29) is 11.8 Å². The van der Waals surface area contributed by atoms with E-state index in [0.29, 0.717) is 28.9 Å². The molecule has 0 aliphatic heterocycles. The van der Waals surface area contributed by atoms with E-state index in [1.54, 1.807) is 35.7 Å². The standard InChI is InChI=1S/C22H26Cl2N2O2S/c1-4-25-22(28)16(3)26(12-17-8-9-19(23)20(24)11-17)21(27)14-29-13-18-7-5-6-15(2)10-18/h5-11,16H,4,12-14H2,1-3H3,(H,25,28)/t16-/m0/s1. The molecule has 1 atom stereocenters. The lowest BCUT2D eigenvalue weighted by Gasteiger charge is -2.28. The number of amides is 2. The van der Waals surface area contributed by atoms with Crippen molar-refractivity contribution in [2.75, 3.05) is 12.3 Å². The molecule has 2 rings (SSSR count). The van der Waals surface area contributed by atoms with Crippen LogP contribution in [0.25, 0.3) is 0 Å². The molecule has 0 heterocycles. The molecule has 0 spiro atoms. The summed E-state index contributed by atoms with van der Waals surface area (Å²) in [7, 11) is 0. The van der Waals surface area contributed by atoms with E-state index in [1.165, 1.54) is 11.1 Å². The maximum Gasteiger partial charge on any atom is 0.242 e. The smallest absolute Gasteiger partial charge is 0.242 e. The van der Waals surface area contributed by atoms with Crippen molar-refractivity contribution in [1.29, 1.82) is 0 Å². The highest BCUT2D eigenvalue weighted by Crippen LogP contribution is 2.24. The van der Waals surface area contributed by atoms with Gasteiger partial charge in [-0.2, -0.15) is 0 Å². The Bertz CT molecular complexity index is 860. The van der Waals surface area contributed by atoms with Crippen molar-refractivity contribution in [3.8, 4) is 0 Å². The van der Waals surface area contributed by atoms with Gasteiger partial charge >= 0.3 is 0 Å². The lowest BCUT2D eigenvalue weighted by Crippen LogP contribution is -2.48. The first-order chi connectivity index (χ1) is 13.8. The van der Waals surface area contributed by atoms with Crippen LogP contribution in [0.1, 0.15) is 30.5 Å². The first kappa shape index (κ1) is 23.6. The van der Waals surface area contributed by atoms with Gasteiger partial charge in [0.1, 0.15) is 6.04 Å². The number of carbonyl (C=O) groups excluding carboxylic acids is 2. The maximum absolute atomic E-state index is 13.0. The Kier molecular flexibility index (Phi) is 9.34. The normalized spacial score (nSPS) is 11.8. The van der Waals surface area contributed by atoms with Gasteiger partial charge in [0.2, 0.25) is 11.8 Å². The summed E-state index contributed by atoms with van der Waals surface area (Å²) in [5.41, 5.74) is 3.20. The van der Waals surface area contributed by atoms with Crippen LogP contribution in [0.3, 0.4) is 0 Å². The molecule has 7 heteroatoms. The zero-order valence-electron chi connectivity index (χ0n) is 16.9. The minimum atomic E-state index is -0.587. The number of halogens is 2. The molecule has 0 unspecified atom stereocenters. The van der Waals surface area contributed by atoms with Crippen molar-refractivity contribution in [3.63, 3.8) is 0 Å². The molecule has 0 fully saturated rings. The van der Waals surface area contributed by atoms with Crippen LogP contribution >= 0.6 is 35.0 Å². The summed E-state index contributed by atoms with van der Waals surface area (Å²) in [4.78, 5) is 26.9. The van der Waals surface area contributed by atoms with Crippen LogP contribution in [-0.4, -0.2) is 35.1 Å². The van der Waals surface area contributed by atoms with E-state index in [9.17, 15) is 9.59 Å². The van der Waals surface area contributed by atoms with Gasteiger partial charge in [0.05, 0.1) is 15.8 Å². The number of hydrogen-bond donors (Lipinski definition) is 1. The summed E-state index contributed by atoms with van der Waals surface area (Å²) in [5.74, 6) is 0.764. The minimum Gasteiger partial charge on any atom is -0.355 e. The van der Waals surface area contributed by atoms with Crippen LogP contribution < -0.4 is 5.32 Å². The molecule has 0 aliphatic rings.